The van der Waals surface area contributed by atoms with Gasteiger partial charge in [-0.3, -0.25) is 9.69 Å². The number of carbonyl (C=O) groups is 1. The predicted molar refractivity (Wildman–Crippen MR) is 127 cm³/mol. The molecule has 0 spiro atoms. The molecule has 3 rings (SSSR count). The van der Waals surface area contributed by atoms with Gasteiger partial charge in [-0.2, -0.15) is 0 Å². The average molecular weight is 527 g/mol. The van der Waals surface area contributed by atoms with Gasteiger partial charge in [0, 0.05) is 26.2 Å². The van der Waals surface area contributed by atoms with E-state index in [1.165, 1.54) is 11.1 Å². The number of aliphatic imine (C=N–C) groups is 1. The van der Waals surface area contributed by atoms with E-state index in [1.54, 1.807) is 12.1 Å². The first-order chi connectivity index (χ1) is 14.2. The third kappa shape index (κ3) is 7.29. The quantitative estimate of drug-likeness (QED) is 0.276. The van der Waals surface area contributed by atoms with Gasteiger partial charge >= 0.3 is 0 Å². The van der Waals surface area contributed by atoms with Gasteiger partial charge < -0.3 is 25.5 Å². The molecule has 1 aromatic carbocycles. The first kappa shape index (κ1) is 24.2. The molecule has 164 valence electrons. The molecule has 2 aromatic rings. The lowest BCUT2D eigenvalue weighted by atomic mass is 10.1. The summed E-state index contributed by atoms with van der Waals surface area (Å²) in [4.78, 5) is 18.3. The Bertz CT molecular complexity index is 834. The maximum atomic E-state index is 11.2. The number of ether oxygens (including phenoxy) is 1. The normalized spacial score (nSPS) is 14.8. The van der Waals surface area contributed by atoms with Crippen LogP contribution in [0.2, 0.25) is 0 Å². The minimum absolute atomic E-state index is 0. The minimum atomic E-state index is -0.575. The summed E-state index contributed by atoms with van der Waals surface area (Å²) < 4.78 is 10.8. The summed E-state index contributed by atoms with van der Waals surface area (Å²) in [7, 11) is 0. The van der Waals surface area contributed by atoms with Crippen LogP contribution in [-0.4, -0.2) is 49.6 Å². The highest BCUT2D eigenvalue weighted by Gasteiger charge is 2.13. The van der Waals surface area contributed by atoms with Gasteiger partial charge in [0.15, 0.2) is 11.7 Å². The van der Waals surface area contributed by atoms with Crippen molar-refractivity contribution in [2.75, 3.05) is 32.8 Å². The van der Waals surface area contributed by atoms with Crippen molar-refractivity contribution in [2.24, 2.45) is 10.7 Å². The number of primary amides is 1. The second-order valence-electron chi connectivity index (χ2n) is 6.84. The molecule has 0 radical (unpaired) electrons. The van der Waals surface area contributed by atoms with Crippen LogP contribution in [0.3, 0.4) is 0 Å². The highest BCUT2D eigenvalue weighted by atomic mass is 127. The third-order valence-electron chi connectivity index (χ3n) is 4.70. The number of hydrogen-bond acceptors (Lipinski definition) is 5. The summed E-state index contributed by atoms with van der Waals surface area (Å²) in [6, 6.07) is 11.7. The first-order valence-electron chi connectivity index (χ1n) is 9.93. The number of furan rings is 1. The van der Waals surface area contributed by atoms with Crippen LogP contribution in [0, 0.1) is 0 Å². The van der Waals surface area contributed by atoms with Gasteiger partial charge in [-0.05, 0) is 30.2 Å². The van der Waals surface area contributed by atoms with Gasteiger partial charge in [0.05, 0.1) is 26.3 Å². The second-order valence-corrected chi connectivity index (χ2v) is 6.84. The number of amides is 1. The van der Waals surface area contributed by atoms with E-state index in [2.05, 4.69) is 33.7 Å². The number of rotatable bonds is 8. The minimum Gasteiger partial charge on any atom is -0.454 e. The topological polar surface area (TPSA) is 105 Å². The fraction of sp³-hybridized carbons (Fsp3) is 0.429. The molecule has 0 aliphatic carbocycles. The average Bonchev–Trinajstić information content (AvgIpc) is 3.21. The number of benzene rings is 1. The van der Waals surface area contributed by atoms with Crippen LogP contribution in [0.25, 0.3) is 0 Å². The molecule has 0 unspecified atom stereocenters. The van der Waals surface area contributed by atoms with E-state index < -0.39 is 5.91 Å². The molecule has 1 saturated heterocycles. The van der Waals surface area contributed by atoms with Crippen molar-refractivity contribution in [2.45, 2.75) is 26.6 Å². The molecule has 1 aliphatic heterocycles. The van der Waals surface area contributed by atoms with Gasteiger partial charge in [0.2, 0.25) is 0 Å². The van der Waals surface area contributed by atoms with Crippen molar-refractivity contribution in [1.82, 2.24) is 15.5 Å². The zero-order valence-electron chi connectivity index (χ0n) is 17.2. The number of nitrogens with two attached hydrogens (primary N) is 1. The maximum Gasteiger partial charge on any atom is 0.284 e. The van der Waals surface area contributed by atoms with Crippen LogP contribution in [0.15, 0.2) is 45.8 Å². The summed E-state index contributed by atoms with van der Waals surface area (Å²) in [5.41, 5.74) is 7.71. The lowest BCUT2D eigenvalue weighted by Crippen LogP contribution is -2.37. The second kappa shape index (κ2) is 12.6. The van der Waals surface area contributed by atoms with Crippen molar-refractivity contribution in [3.8, 4) is 0 Å². The highest BCUT2D eigenvalue weighted by Crippen LogP contribution is 2.14. The molecule has 1 aromatic heterocycles. The van der Waals surface area contributed by atoms with Crippen molar-refractivity contribution < 1.29 is 13.9 Å². The fourth-order valence-corrected chi connectivity index (χ4v) is 3.15. The van der Waals surface area contributed by atoms with Crippen LogP contribution in [0.1, 0.15) is 34.4 Å². The summed E-state index contributed by atoms with van der Waals surface area (Å²) in [6.07, 6.45) is 0. The van der Waals surface area contributed by atoms with E-state index in [-0.39, 0.29) is 29.7 Å². The monoisotopic (exact) mass is 527 g/mol. The van der Waals surface area contributed by atoms with Crippen molar-refractivity contribution in [3.05, 3.63) is 59.0 Å². The van der Waals surface area contributed by atoms with E-state index in [4.69, 9.17) is 19.9 Å². The highest BCUT2D eigenvalue weighted by molar-refractivity contribution is 14.0. The van der Waals surface area contributed by atoms with Gasteiger partial charge in [-0.15, -0.1) is 24.0 Å². The summed E-state index contributed by atoms with van der Waals surface area (Å²) >= 11 is 0. The fourth-order valence-electron chi connectivity index (χ4n) is 3.15. The van der Waals surface area contributed by atoms with Crippen molar-refractivity contribution in [1.29, 1.82) is 0 Å². The zero-order chi connectivity index (χ0) is 20.5. The lowest BCUT2D eigenvalue weighted by Gasteiger charge is -2.27. The molecule has 0 atom stereocenters. The van der Waals surface area contributed by atoms with Gasteiger partial charge in [0.1, 0.15) is 5.76 Å². The van der Waals surface area contributed by atoms with Crippen LogP contribution >= 0.6 is 24.0 Å². The number of morpholine rings is 1. The molecule has 1 aliphatic rings. The Morgan fingerprint density at radius 1 is 1.13 bits per heavy atom. The number of nitrogens with zero attached hydrogens (tertiary/aromatic N) is 2. The van der Waals surface area contributed by atoms with Crippen LogP contribution < -0.4 is 16.4 Å². The Hall–Kier alpha value is -2.11. The molecule has 30 heavy (non-hydrogen) atoms. The van der Waals surface area contributed by atoms with Gasteiger partial charge in [-0.1, -0.05) is 24.3 Å². The molecule has 0 bridgehead atoms. The summed E-state index contributed by atoms with van der Waals surface area (Å²) in [6.45, 7) is 8.14. The Kier molecular flexibility index (Phi) is 10.1. The zero-order valence-corrected chi connectivity index (χ0v) is 19.6. The lowest BCUT2D eigenvalue weighted by molar-refractivity contribution is 0.0341. The van der Waals surface area contributed by atoms with E-state index in [0.717, 1.165) is 39.4 Å². The van der Waals surface area contributed by atoms with E-state index in [0.29, 0.717) is 24.8 Å². The molecule has 0 saturated carbocycles. The molecule has 2 heterocycles. The molecule has 9 heteroatoms. The number of hydrogen-bond donors (Lipinski definition) is 3. The first-order valence-corrected chi connectivity index (χ1v) is 9.93. The largest absolute Gasteiger partial charge is 0.454 e. The van der Waals surface area contributed by atoms with Crippen molar-refractivity contribution in [3.63, 3.8) is 0 Å². The molecule has 4 N–H and O–H groups in total. The predicted octanol–water partition coefficient (Wildman–Crippen LogP) is 2.08. The Morgan fingerprint density at radius 2 is 1.87 bits per heavy atom. The summed E-state index contributed by atoms with van der Waals surface area (Å²) in [5.74, 6) is 0.886. The molecule has 8 nitrogen and oxygen atoms in total. The van der Waals surface area contributed by atoms with E-state index >= 15 is 0 Å². The van der Waals surface area contributed by atoms with Crippen LogP contribution in [0.5, 0.6) is 0 Å². The van der Waals surface area contributed by atoms with Crippen LogP contribution in [0.4, 0.5) is 0 Å². The third-order valence-corrected chi connectivity index (χ3v) is 4.70. The van der Waals surface area contributed by atoms with E-state index in [1.807, 2.05) is 13.0 Å². The van der Waals surface area contributed by atoms with Gasteiger partial charge in [-0.25, -0.2) is 4.99 Å². The molecule has 1 fully saturated rings. The SMILES string of the molecule is CCNC(=NCc1ccccc1CN1CCOCC1)NCc1ccc(C(N)=O)o1.I. The molecular weight excluding hydrogens is 497 g/mol. The van der Waals surface area contributed by atoms with Crippen LogP contribution in [-0.2, 0) is 24.4 Å². The molecular formula is C21H30IN5O3. The Morgan fingerprint density at radius 3 is 2.53 bits per heavy atom. The summed E-state index contributed by atoms with van der Waals surface area (Å²) in [5, 5.41) is 6.46. The Labute approximate surface area is 194 Å². The number of carbonyl (C=O) groups excluding carboxylic acids is 1. The van der Waals surface area contributed by atoms with Crippen molar-refractivity contribution >= 4 is 35.8 Å². The Balaban J connectivity index is 0.00000320. The van der Waals surface area contributed by atoms with Gasteiger partial charge in [0.25, 0.3) is 5.91 Å². The number of halogens is 1. The maximum absolute atomic E-state index is 11.2. The van der Waals surface area contributed by atoms with E-state index in [9.17, 15) is 4.79 Å². The smallest absolute Gasteiger partial charge is 0.284 e. The number of guanidine groups is 1. The standard InChI is InChI=1S/C21H29N5O3.HI/c1-2-23-21(25-14-18-7-8-19(29-18)20(22)27)24-13-16-5-3-4-6-17(16)15-26-9-11-28-12-10-26;/h3-8H,2,9-15H2,1H3,(H2,22,27)(H2,23,24,25);1H. The molecule has 1 amide bonds. The number of nitrogens with one attached hydrogen (secondary N) is 2.